The van der Waals surface area contributed by atoms with E-state index in [9.17, 15) is 19.5 Å². The number of methoxy groups -OCH3 is 2. The van der Waals surface area contributed by atoms with E-state index in [0.29, 0.717) is 46.0 Å². The molecule has 1 aliphatic carbocycles. The summed E-state index contributed by atoms with van der Waals surface area (Å²) in [5.41, 5.74) is 0.226. The number of aliphatic carboxylic acids is 1. The van der Waals surface area contributed by atoms with Gasteiger partial charge in [0.2, 0.25) is 11.8 Å². The second-order valence-electron chi connectivity index (χ2n) is 10.5. The number of hydrogen-bond acceptors (Lipinski definition) is 6. The van der Waals surface area contributed by atoms with Crippen LogP contribution in [-0.4, -0.2) is 65.1 Å². The van der Waals surface area contributed by atoms with E-state index in [4.69, 9.17) is 47.7 Å². The monoisotopic (exact) mass is 656 g/mol. The minimum absolute atomic E-state index is 0.0274. The van der Waals surface area contributed by atoms with Gasteiger partial charge in [0.15, 0.2) is 0 Å². The molecule has 5 N–H and O–H groups in total. The van der Waals surface area contributed by atoms with Gasteiger partial charge in [-0.3, -0.25) is 9.59 Å². The molecule has 1 fully saturated rings. The molecule has 2 aromatic rings. The first-order chi connectivity index (χ1) is 20.7. The number of ether oxygens (including phenoxy) is 2. The highest BCUT2D eigenvalue weighted by atomic mass is 35.5. The Morgan fingerprint density at radius 3 is 1.70 bits per heavy atom. The summed E-state index contributed by atoms with van der Waals surface area (Å²) in [4.78, 5) is 44.2. The molecule has 44 heavy (non-hydrogen) atoms. The topological polar surface area (TPSA) is 171 Å². The molecule has 3 rings (SSSR count). The van der Waals surface area contributed by atoms with Crippen molar-refractivity contribution in [3.63, 3.8) is 0 Å². The van der Waals surface area contributed by atoms with Crippen LogP contribution in [0.3, 0.4) is 0 Å². The van der Waals surface area contributed by atoms with Gasteiger partial charge in [0.05, 0.1) is 27.1 Å². The number of halogens is 2. The fraction of sp³-hybridized carbons (Fsp3) is 0.484. The third kappa shape index (κ3) is 12.9. The predicted octanol–water partition coefficient (Wildman–Crippen LogP) is 6.07. The predicted molar refractivity (Wildman–Crippen MR) is 168 cm³/mol. The molecule has 11 nitrogen and oxygen atoms in total. The Bertz CT molecular complexity index is 1260. The van der Waals surface area contributed by atoms with Gasteiger partial charge in [-0.1, -0.05) is 68.4 Å². The average Bonchev–Trinajstić information content (AvgIpc) is 3.47. The molecular weight excluding hydrogens is 615 g/mol. The average molecular weight is 658 g/mol. The van der Waals surface area contributed by atoms with Gasteiger partial charge in [-0.05, 0) is 49.9 Å². The highest BCUT2D eigenvalue weighted by Gasteiger charge is 2.39. The van der Waals surface area contributed by atoms with E-state index in [2.05, 4.69) is 10.6 Å². The molecule has 244 valence electrons. The summed E-state index contributed by atoms with van der Waals surface area (Å²) < 4.78 is 10.4. The number of amides is 2. The normalized spacial score (nSPS) is 14.3. The summed E-state index contributed by atoms with van der Waals surface area (Å²) in [7, 11) is 3.08. The van der Waals surface area contributed by atoms with Gasteiger partial charge in [-0.25, -0.2) is 9.59 Å². The highest BCUT2D eigenvalue weighted by molar-refractivity contribution is 6.31. The quantitative estimate of drug-likeness (QED) is 0.192. The van der Waals surface area contributed by atoms with Gasteiger partial charge >= 0.3 is 12.1 Å². The van der Waals surface area contributed by atoms with Gasteiger partial charge in [-0.15, -0.1) is 0 Å². The van der Waals surface area contributed by atoms with Crippen LogP contribution < -0.4 is 20.1 Å². The first-order valence-corrected chi connectivity index (χ1v) is 14.8. The zero-order valence-corrected chi connectivity index (χ0v) is 27.1. The van der Waals surface area contributed by atoms with E-state index in [1.54, 1.807) is 44.4 Å². The molecule has 0 bridgehead atoms. The van der Waals surface area contributed by atoms with Crippen LogP contribution in [0.25, 0.3) is 0 Å². The molecule has 13 heteroatoms. The van der Waals surface area contributed by atoms with E-state index >= 15 is 0 Å². The fourth-order valence-corrected chi connectivity index (χ4v) is 4.88. The van der Waals surface area contributed by atoms with Crippen LogP contribution in [-0.2, 0) is 27.2 Å². The van der Waals surface area contributed by atoms with Crippen LogP contribution in [0.15, 0.2) is 36.4 Å². The Hall–Kier alpha value is -3.70. The Balaban J connectivity index is 0.000000397. The van der Waals surface area contributed by atoms with Crippen molar-refractivity contribution < 1.29 is 44.0 Å². The molecule has 0 saturated heterocycles. The Morgan fingerprint density at radius 1 is 0.886 bits per heavy atom. The zero-order chi connectivity index (χ0) is 33.4. The summed E-state index contributed by atoms with van der Waals surface area (Å²) >= 11 is 11.8. The molecule has 0 radical (unpaired) electrons. The molecule has 2 atom stereocenters. The van der Waals surface area contributed by atoms with E-state index in [0.717, 1.165) is 18.4 Å². The lowest BCUT2D eigenvalue weighted by atomic mass is 9.85. The first-order valence-electron chi connectivity index (χ1n) is 14.1. The Labute approximate surface area is 267 Å². The zero-order valence-electron chi connectivity index (χ0n) is 25.6. The third-order valence-corrected chi connectivity index (χ3v) is 7.83. The number of carbonyl (C=O) groups excluding carboxylic acids is 2. The van der Waals surface area contributed by atoms with Crippen molar-refractivity contribution in [2.45, 2.75) is 77.3 Å². The summed E-state index contributed by atoms with van der Waals surface area (Å²) in [5, 5.41) is 30.2. The van der Waals surface area contributed by atoms with E-state index in [1.165, 1.54) is 26.9 Å². The van der Waals surface area contributed by atoms with Crippen molar-refractivity contribution in [3.05, 3.63) is 57.6 Å². The minimum atomic E-state index is -1.83. The number of carbonyl (C=O) groups is 4. The molecule has 1 aliphatic rings. The highest BCUT2D eigenvalue weighted by Crippen LogP contribution is 2.26. The molecule has 0 spiro atoms. The molecule has 1 saturated carbocycles. The second-order valence-corrected chi connectivity index (χ2v) is 11.3. The van der Waals surface area contributed by atoms with Crippen molar-refractivity contribution in [2.24, 2.45) is 5.92 Å². The number of hydrogen-bond donors (Lipinski definition) is 5. The van der Waals surface area contributed by atoms with Crippen LogP contribution in [0.2, 0.25) is 10.0 Å². The van der Waals surface area contributed by atoms with Crippen molar-refractivity contribution in [2.75, 3.05) is 14.2 Å². The maximum Gasteiger partial charge on any atom is 0.503 e. The smallest absolute Gasteiger partial charge is 0.496 e. The van der Waals surface area contributed by atoms with Gasteiger partial charge in [0, 0.05) is 27.2 Å². The maximum absolute atomic E-state index is 12.2. The van der Waals surface area contributed by atoms with E-state index in [1.807, 2.05) is 13.0 Å². The van der Waals surface area contributed by atoms with Crippen LogP contribution in [0.1, 0.15) is 64.0 Å². The molecular formula is C31H42Cl2N2O9. The summed E-state index contributed by atoms with van der Waals surface area (Å²) in [6.07, 6.45) is 3.82. The van der Waals surface area contributed by atoms with Crippen molar-refractivity contribution in [1.82, 2.24) is 10.6 Å². The van der Waals surface area contributed by atoms with Gasteiger partial charge in [0.25, 0.3) is 0 Å². The SMILES string of the molecule is CCC(C)C(C)(NC(=O)Cc1ccc(Cl)cc1OC)C(=O)O.COc1cc(Cl)ccc1CC(=O)NC1CCCC1.O=C(O)O. The summed E-state index contributed by atoms with van der Waals surface area (Å²) in [5.74, 6) is -0.375. The number of benzene rings is 2. The Morgan fingerprint density at radius 2 is 1.32 bits per heavy atom. The standard InChI is InChI=1S/C16H22ClNO4.C14H18ClNO2.CH2O3/c1-5-10(2)16(3,15(20)21)18-14(19)8-11-6-7-12(17)9-13(11)22-4;1-18-13-9-11(15)7-6-10(13)8-14(17)16-12-4-2-3-5-12;2-1(3)4/h6-7,9-10H,5,8H2,1-4H3,(H,18,19)(H,20,21);6-7,9,12H,2-5,8H2,1H3,(H,16,17);(H2,2,3,4). The molecule has 2 aromatic carbocycles. The van der Waals surface area contributed by atoms with Crippen LogP contribution in [0.4, 0.5) is 4.79 Å². The van der Waals surface area contributed by atoms with Crippen molar-refractivity contribution in [1.29, 1.82) is 0 Å². The summed E-state index contributed by atoms with van der Waals surface area (Å²) in [6, 6.07) is 10.7. The molecule has 2 amide bonds. The van der Waals surface area contributed by atoms with Crippen LogP contribution in [0, 0.1) is 5.92 Å². The van der Waals surface area contributed by atoms with Gasteiger partial charge < -0.3 is 35.4 Å². The minimum Gasteiger partial charge on any atom is -0.496 e. The lowest BCUT2D eigenvalue weighted by Gasteiger charge is -2.32. The van der Waals surface area contributed by atoms with Gasteiger partial charge in [-0.2, -0.15) is 0 Å². The molecule has 0 aliphatic heterocycles. The molecule has 2 unspecified atom stereocenters. The van der Waals surface area contributed by atoms with E-state index in [-0.39, 0.29) is 24.2 Å². The van der Waals surface area contributed by atoms with Crippen LogP contribution in [0.5, 0.6) is 11.5 Å². The maximum atomic E-state index is 12.2. The molecule has 0 aromatic heterocycles. The van der Waals surface area contributed by atoms with Crippen molar-refractivity contribution >= 4 is 47.1 Å². The number of carboxylic acids is 1. The lowest BCUT2D eigenvalue weighted by molar-refractivity contribution is -0.149. The largest absolute Gasteiger partial charge is 0.503 e. The third-order valence-electron chi connectivity index (χ3n) is 7.36. The molecule has 0 heterocycles. The lowest BCUT2D eigenvalue weighted by Crippen LogP contribution is -2.56. The van der Waals surface area contributed by atoms with E-state index < -0.39 is 17.7 Å². The number of carboxylic acid groups (broad SMARTS) is 3. The van der Waals surface area contributed by atoms with Crippen molar-refractivity contribution in [3.8, 4) is 11.5 Å². The number of rotatable bonds is 11. The second kappa shape index (κ2) is 18.9. The van der Waals surface area contributed by atoms with Crippen LogP contribution >= 0.6 is 23.2 Å². The van der Waals surface area contributed by atoms with Gasteiger partial charge in [0.1, 0.15) is 17.0 Å². The summed E-state index contributed by atoms with van der Waals surface area (Å²) in [6.45, 7) is 5.22. The first kappa shape index (κ1) is 38.3. The number of nitrogens with one attached hydrogen (secondary N) is 2. The fourth-order valence-electron chi connectivity index (χ4n) is 4.55. The Kier molecular flexibility index (Phi) is 16.4.